The van der Waals surface area contributed by atoms with Gasteiger partial charge >= 0.3 is 0 Å². The summed E-state index contributed by atoms with van der Waals surface area (Å²) >= 11 is 0. The first-order chi connectivity index (χ1) is 9.76. The Labute approximate surface area is 115 Å². The summed E-state index contributed by atoms with van der Waals surface area (Å²) in [6, 6.07) is 7.61. The van der Waals surface area contributed by atoms with Crippen LogP contribution in [-0.2, 0) is 0 Å². The van der Waals surface area contributed by atoms with E-state index < -0.39 is 0 Å². The van der Waals surface area contributed by atoms with E-state index in [-0.39, 0.29) is 5.95 Å². The van der Waals surface area contributed by atoms with Crippen LogP contribution >= 0.6 is 0 Å². The molecule has 0 amide bonds. The summed E-state index contributed by atoms with van der Waals surface area (Å²) in [6.45, 7) is 2.56. The fourth-order valence-electron chi connectivity index (χ4n) is 1.91. The van der Waals surface area contributed by atoms with Crippen LogP contribution in [0.1, 0.15) is 6.92 Å². The molecular weight excluding hydrogens is 256 g/mol. The second-order valence-corrected chi connectivity index (χ2v) is 4.12. The maximum absolute atomic E-state index is 5.67. The number of nitrogens with zero attached hydrogens (tertiary/aromatic N) is 3. The minimum atomic E-state index is 0.174. The Balaban J connectivity index is 1.96. The summed E-state index contributed by atoms with van der Waals surface area (Å²) in [4.78, 5) is 15.3. The molecule has 0 bridgehead atoms. The molecule has 20 heavy (non-hydrogen) atoms. The van der Waals surface area contributed by atoms with E-state index in [1.807, 2.05) is 31.2 Å². The van der Waals surface area contributed by atoms with Crippen LogP contribution in [0.4, 0.5) is 17.5 Å². The van der Waals surface area contributed by atoms with Crippen molar-refractivity contribution in [3.05, 3.63) is 30.6 Å². The van der Waals surface area contributed by atoms with Crippen LogP contribution in [0.3, 0.4) is 0 Å². The van der Waals surface area contributed by atoms with Gasteiger partial charge in [0, 0.05) is 11.8 Å². The summed E-state index contributed by atoms with van der Waals surface area (Å²) in [5.74, 6) is 1.55. The lowest BCUT2D eigenvalue weighted by molar-refractivity contribution is 0.340. The van der Waals surface area contributed by atoms with Crippen molar-refractivity contribution >= 4 is 28.6 Å². The summed E-state index contributed by atoms with van der Waals surface area (Å²) in [5, 5.41) is 3.19. The number of aromatic amines is 1. The summed E-state index contributed by atoms with van der Waals surface area (Å²) < 4.78 is 5.46. The van der Waals surface area contributed by atoms with Crippen LogP contribution < -0.4 is 15.8 Å². The maximum atomic E-state index is 5.67. The molecule has 102 valence electrons. The quantitative estimate of drug-likeness (QED) is 0.671. The van der Waals surface area contributed by atoms with Crippen molar-refractivity contribution in [1.29, 1.82) is 0 Å². The number of nitrogens with two attached hydrogens (primary N) is 1. The molecule has 0 aliphatic heterocycles. The second-order valence-electron chi connectivity index (χ2n) is 4.12. The summed E-state index contributed by atoms with van der Waals surface area (Å²) in [6.07, 6.45) is 1.56. The standard InChI is InChI=1S/C13H14N6O/c1-2-20-9-5-3-4-8(6-9)17-12-10-11(16-7-15-10)18-13(14)19-12/h3-7H,2H2,1H3,(H4,14,15,16,17,18,19). The topological polar surface area (TPSA) is 102 Å². The summed E-state index contributed by atoms with van der Waals surface area (Å²) in [7, 11) is 0. The average Bonchev–Trinajstić information content (AvgIpc) is 2.87. The van der Waals surface area contributed by atoms with E-state index in [1.54, 1.807) is 6.33 Å². The zero-order valence-electron chi connectivity index (χ0n) is 10.9. The number of benzene rings is 1. The number of hydrogen-bond donors (Lipinski definition) is 3. The lowest BCUT2D eigenvalue weighted by atomic mass is 10.3. The lowest BCUT2D eigenvalue weighted by Crippen LogP contribution is -2.01. The van der Waals surface area contributed by atoms with Gasteiger partial charge in [0.05, 0.1) is 12.9 Å². The highest BCUT2D eigenvalue weighted by atomic mass is 16.5. The fourth-order valence-corrected chi connectivity index (χ4v) is 1.91. The number of ether oxygens (including phenoxy) is 1. The molecule has 0 saturated carbocycles. The van der Waals surface area contributed by atoms with Gasteiger partial charge in [-0.15, -0.1) is 0 Å². The predicted octanol–water partition coefficient (Wildman–Crippen LogP) is 2.08. The molecule has 0 spiro atoms. The first-order valence-corrected chi connectivity index (χ1v) is 6.22. The second kappa shape index (κ2) is 5.04. The van der Waals surface area contributed by atoms with Gasteiger partial charge in [-0.05, 0) is 19.1 Å². The largest absolute Gasteiger partial charge is 0.494 e. The monoisotopic (exact) mass is 270 g/mol. The molecule has 1 aromatic carbocycles. The Kier molecular flexibility index (Phi) is 3.08. The predicted molar refractivity (Wildman–Crippen MR) is 77.0 cm³/mol. The number of aromatic nitrogens is 4. The lowest BCUT2D eigenvalue weighted by Gasteiger charge is -2.09. The Hall–Kier alpha value is -2.83. The van der Waals surface area contributed by atoms with Crippen LogP contribution in [0.25, 0.3) is 11.2 Å². The van der Waals surface area contributed by atoms with E-state index in [9.17, 15) is 0 Å². The highest BCUT2D eigenvalue weighted by molar-refractivity contribution is 5.85. The van der Waals surface area contributed by atoms with Crippen LogP contribution in [0.2, 0.25) is 0 Å². The van der Waals surface area contributed by atoms with Crippen molar-refractivity contribution in [1.82, 2.24) is 19.9 Å². The van der Waals surface area contributed by atoms with Gasteiger partial charge in [0.25, 0.3) is 0 Å². The van der Waals surface area contributed by atoms with E-state index in [4.69, 9.17) is 10.5 Å². The Bertz CT molecular complexity index is 739. The third-order valence-electron chi connectivity index (χ3n) is 2.71. The summed E-state index contributed by atoms with van der Waals surface area (Å²) in [5.41, 5.74) is 7.76. The molecule has 2 heterocycles. The number of rotatable bonds is 4. The van der Waals surface area contributed by atoms with Gasteiger partial charge < -0.3 is 20.8 Å². The maximum Gasteiger partial charge on any atom is 0.224 e. The van der Waals surface area contributed by atoms with Crippen molar-refractivity contribution in [3.63, 3.8) is 0 Å². The normalized spacial score (nSPS) is 10.7. The molecule has 4 N–H and O–H groups in total. The van der Waals surface area contributed by atoms with E-state index in [1.165, 1.54) is 0 Å². The van der Waals surface area contributed by atoms with Gasteiger partial charge in [-0.1, -0.05) is 6.07 Å². The molecule has 7 nitrogen and oxygen atoms in total. The van der Waals surface area contributed by atoms with Gasteiger partial charge in [0.15, 0.2) is 11.5 Å². The number of anilines is 3. The van der Waals surface area contributed by atoms with Crippen molar-refractivity contribution in [2.75, 3.05) is 17.7 Å². The molecule has 0 fully saturated rings. The zero-order chi connectivity index (χ0) is 13.9. The number of hydrogen-bond acceptors (Lipinski definition) is 6. The van der Waals surface area contributed by atoms with E-state index in [2.05, 4.69) is 25.3 Å². The highest BCUT2D eigenvalue weighted by Crippen LogP contribution is 2.24. The van der Waals surface area contributed by atoms with Crippen molar-refractivity contribution in [2.45, 2.75) is 6.92 Å². The Morgan fingerprint density at radius 2 is 2.25 bits per heavy atom. The third kappa shape index (κ3) is 2.33. The first-order valence-electron chi connectivity index (χ1n) is 6.22. The van der Waals surface area contributed by atoms with Gasteiger partial charge in [-0.2, -0.15) is 9.97 Å². The number of fused-ring (bicyclic) bond motifs is 1. The molecule has 3 rings (SSSR count). The number of imidazole rings is 1. The molecule has 2 aromatic heterocycles. The molecule has 0 unspecified atom stereocenters. The van der Waals surface area contributed by atoms with Crippen LogP contribution in [0, 0.1) is 0 Å². The zero-order valence-corrected chi connectivity index (χ0v) is 10.9. The molecule has 7 heteroatoms. The molecule has 0 aliphatic carbocycles. The SMILES string of the molecule is CCOc1cccc(Nc2nc(N)nc3nc[nH]c23)c1. The minimum absolute atomic E-state index is 0.174. The smallest absolute Gasteiger partial charge is 0.224 e. The van der Waals surface area contributed by atoms with Gasteiger partial charge in [0.1, 0.15) is 11.3 Å². The first kappa shape index (κ1) is 12.2. The number of nitrogen functional groups attached to an aromatic ring is 1. The molecule has 0 saturated heterocycles. The van der Waals surface area contributed by atoms with Crippen LogP contribution in [-0.4, -0.2) is 26.5 Å². The number of nitrogens with one attached hydrogen (secondary N) is 2. The van der Waals surface area contributed by atoms with Crippen molar-refractivity contribution in [2.24, 2.45) is 0 Å². The van der Waals surface area contributed by atoms with E-state index in [0.29, 0.717) is 23.6 Å². The molecular formula is C13H14N6O. The van der Waals surface area contributed by atoms with Gasteiger partial charge in [0.2, 0.25) is 5.95 Å². The fraction of sp³-hybridized carbons (Fsp3) is 0.154. The van der Waals surface area contributed by atoms with E-state index >= 15 is 0 Å². The minimum Gasteiger partial charge on any atom is -0.494 e. The Morgan fingerprint density at radius 1 is 1.35 bits per heavy atom. The van der Waals surface area contributed by atoms with Gasteiger partial charge in [-0.25, -0.2) is 4.98 Å². The molecule has 3 aromatic rings. The molecule has 0 atom stereocenters. The molecule has 0 aliphatic rings. The number of H-pyrrole nitrogens is 1. The highest BCUT2D eigenvalue weighted by Gasteiger charge is 2.08. The van der Waals surface area contributed by atoms with Gasteiger partial charge in [-0.3, -0.25) is 0 Å². The Morgan fingerprint density at radius 3 is 3.10 bits per heavy atom. The van der Waals surface area contributed by atoms with Crippen molar-refractivity contribution < 1.29 is 4.74 Å². The average molecular weight is 270 g/mol. The van der Waals surface area contributed by atoms with Crippen molar-refractivity contribution in [3.8, 4) is 5.75 Å². The van der Waals surface area contributed by atoms with Crippen LogP contribution in [0.15, 0.2) is 30.6 Å². The van der Waals surface area contributed by atoms with Crippen LogP contribution in [0.5, 0.6) is 5.75 Å². The van der Waals surface area contributed by atoms with E-state index in [0.717, 1.165) is 11.4 Å². The molecule has 0 radical (unpaired) electrons. The third-order valence-corrected chi connectivity index (χ3v) is 2.71.